The molecule has 3 saturated heterocycles. The highest BCUT2D eigenvalue weighted by atomic mass is 16.7. The van der Waals surface area contributed by atoms with E-state index >= 15 is 0 Å². The summed E-state index contributed by atoms with van der Waals surface area (Å²) in [6.07, 6.45) is 5.11. The molecule has 1 N–H and O–H groups in total. The van der Waals surface area contributed by atoms with Crippen LogP contribution in [-0.4, -0.2) is 41.0 Å². The molecule has 23 heavy (non-hydrogen) atoms. The lowest BCUT2D eigenvalue weighted by molar-refractivity contribution is -0.136. The molecular formula is C17H20N4O2. The first kappa shape index (κ1) is 13.4. The minimum Gasteiger partial charge on any atom is -0.461 e. The standard InChI is InChI=1S/C17H20N4O2/c1-11-6-12-9-18-15(7-14(12)22-11)19-16-8-17(23-20-16)10-21-4-2-13(17)3-5-21/h6-7,9,13H,2-5,8,10H2,1H3,(H,18,19,20). The first-order valence-corrected chi connectivity index (χ1v) is 8.31. The van der Waals surface area contributed by atoms with Gasteiger partial charge < -0.3 is 14.6 Å². The van der Waals surface area contributed by atoms with Crippen molar-refractivity contribution >= 4 is 22.6 Å². The van der Waals surface area contributed by atoms with Crippen molar-refractivity contribution in [2.24, 2.45) is 11.1 Å². The van der Waals surface area contributed by atoms with Crippen molar-refractivity contribution in [2.45, 2.75) is 31.8 Å². The third kappa shape index (κ3) is 2.12. The van der Waals surface area contributed by atoms with E-state index in [4.69, 9.17) is 9.25 Å². The molecule has 0 amide bonds. The molecule has 2 aromatic rings. The van der Waals surface area contributed by atoms with Crippen LogP contribution in [0.3, 0.4) is 0 Å². The van der Waals surface area contributed by atoms with Crippen LogP contribution in [0, 0.1) is 12.8 Å². The molecule has 1 atom stereocenters. The van der Waals surface area contributed by atoms with Crippen LogP contribution in [0.5, 0.6) is 0 Å². The van der Waals surface area contributed by atoms with E-state index < -0.39 is 0 Å². The monoisotopic (exact) mass is 312 g/mol. The van der Waals surface area contributed by atoms with Crippen LogP contribution in [-0.2, 0) is 4.84 Å². The normalized spacial score (nSPS) is 32.3. The number of hydrogen-bond donors (Lipinski definition) is 1. The maximum absolute atomic E-state index is 5.92. The van der Waals surface area contributed by atoms with E-state index in [2.05, 4.69) is 20.4 Å². The number of anilines is 1. The van der Waals surface area contributed by atoms with Crippen LogP contribution in [0.4, 0.5) is 5.82 Å². The van der Waals surface area contributed by atoms with E-state index in [1.807, 2.05) is 25.3 Å². The highest BCUT2D eigenvalue weighted by Gasteiger charge is 2.52. The third-order valence-corrected chi connectivity index (χ3v) is 5.42. The predicted molar refractivity (Wildman–Crippen MR) is 87.4 cm³/mol. The largest absolute Gasteiger partial charge is 0.461 e. The Morgan fingerprint density at radius 2 is 2.17 bits per heavy atom. The second-order valence-corrected chi connectivity index (χ2v) is 7.01. The van der Waals surface area contributed by atoms with Gasteiger partial charge in [-0.2, -0.15) is 0 Å². The molecule has 0 aromatic carbocycles. The first-order valence-electron chi connectivity index (χ1n) is 8.31. The summed E-state index contributed by atoms with van der Waals surface area (Å²) in [5.41, 5.74) is 0.724. The number of rotatable bonds is 1. The molecule has 0 saturated carbocycles. The van der Waals surface area contributed by atoms with Gasteiger partial charge in [0.15, 0.2) is 11.4 Å². The number of amidine groups is 1. The Hall–Kier alpha value is -2.08. The number of furan rings is 1. The minimum atomic E-state index is -0.121. The van der Waals surface area contributed by atoms with Gasteiger partial charge in [-0.15, -0.1) is 0 Å². The zero-order valence-electron chi connectivity index (χ0n) is 13.2. The van der Waals surface area contributed by atoms with Crippen molar-refractivity contribution in [3.63, 3.8) is 0 Å². The topological polar surface area (TPSA) is 62.9 Å². The fourth-order valence-corrected chi connectivity index (χ4v) is 4.27. The zero-order valence-corrected chi connectivity index (χ0v) is 13.2. The summed E-state index contributed by atoms with van der Waals surface area (Å²) in [5.74, 6) is 3.15. The molecule has 4 aliphatic heterocycles. The Balaban J connectivity index is 1.35. The lowest BCUT2D eigenvalue weighted by Gasteiger charge is -2.49. The summed E-state index contributed by atoms with van der Waals surface area (Å²) >= 11 is 0. The van der Waals surface area contributed by atoms with Gasteiger partial charge in [-0.25, -0.2) is 4.98 Å². The van der Waals surface area contributed by atoms with Gasteiger partial charge in [-0.05, 0) is 38.9 Å². The summed E-state index contributed by atoms with van der Waals surface area (Å²) in [6, 6.07) is 3.91. The first-order chi connectivity index (χ1) is 11.2. The Kier molecular flexibility index (Phi) is 2.74. The molecule has 4 aliphatic rings. The highest BCUT2D eigenvalue weighted by molar-refractivity contribution is 5.97. The van der Waals surface area contributed by atoms with E-state index in [9.17, 15) is 0 Å². The van der Waals surface area contributed by atoms with Crippen molar-refractivity contribution < 1.29 is 9.25 Å². The molecule has 2 aromatic heterocycles. The molecule has 6 rings (SSSR count). The fourth-order valence-electron chi connectivity index (χ4n) is 4.27. The average Bonchev–Trinajstić information content (AvgIpc) is 3.11. The fraction of sp³-hybridized carbons (Fsp3) is 0.529. The number of oxime groups is 1. The van der Waals surface area contributed by atoms with Gasteiger partial charge in [0.2, 0.25) is 0 Å². The molecular weight excluding hydrogens is 292 g/mol. The van der Waals surface area contributed by atoms with Crippen molar-refractivity contribution in [3.05, 3.63) is 24.1 Å². The smallest absolute Gasteiger partial charge is 0.160 e. The van der Waals surface area contributed by atoms with E-state index in [0.29, 0.717) is 5.92 Å². The third-order valence-electron chi connectivity index (χ3n) is 5.42. The SMILES string of the molecule is Cc1cc2cnc(NC3=NOC4(C3)CN3CCC4CC3)cc2o1. The Labute approximate surface area is 134 Å². The average molecular weight is 312 g/mol. The van der Waals surface area contributed by atoms with Gasteiger partial charge >= 0.3 is 0 Å². The van der Waals surface area contributed by atoms with E-state index in [1.165, 1.54) is 25.9 Å². The molecule has 1 unspecified atom stereocenters. The molecule has 0 radical (unpaired) electrons. The maximum atomic E-state index is 5.92. The number of hydrogen-bond acceptors (Lipinski definition) is 6. The quantitative estimate of drug-likeness (QED) is 0.877. The Bertz CT molecular complexity index is 791. The summed E-state index contributed by atoms with van der Waals surface area (Å²) in [7, 11) is 0. The molecule has 0 aliphatic carbocycles. The Morgan fingerprint density at radius 3 is 2.96 bits per heavy atom. The van der Waals surface area contributed by atoms with Crippen LogP contribution in [0.2, 0.25) is 0 Å². The summed E-state index contributed by atoms with van der Waals surface area (Å²) in [4.78, 5) is 12.9. The van der Waals surface area contributed by atoms with Crippen molar-refractivity contribution in [1.29, 1.82) is 0 Å². The van der Waals surface area contributed by atoms with E-state index in [1.54, 1.807) is 0 Å². The van der Waals surface area contributed by atoms with Crippen LogP contribution in [0.1, 0.15) is 25.0 Å². The number of nitrogens with zero attached hydrogens (tertiary/aromatic N) is 3. The maximum Gasteiger partial charge on any atom is 0.160 e. The zero-order chi connectivity index (χ0) is 15.4. The second kappa shape index (κ2) is 4.71. The minimum absolute atomic E-state index is 0.121. The highest BCUT2D eigenvalue weighted by Crippen LogP contribution is 2.43. The molecule has 2 bridgehead atoms. The van der Waals surface area contributed by atoms with E-state index in [0.717, 1.165) is 41.3 Å². The molecule has 6 heterocycles. The molecule has 1 spiro atoms. The number of nitrogens with one attached hydrogen (secondary N) is 1. The summed E-state index contributed by atoms with van der Waals surface area (Å²) < 4.78 is 5.67. The Morgan fingerprint density at radius 1 is 1.30 bits per heavy atom. The molecule has 6 heteroatoms. The van der Waals surface area contributed by atoms with Gasteiger partial charge in [0.05, 0.1) is 6.42 Å². The van der Waals surface area contributed by atoms with Gasteiger partial charge in [0, 0.05) is 30.1 Å². The molecule has 3 fully saturated rings. The lowest BCUT2D eigenvalue weighted by atomic mass is 9.73. The molecule has 120 valence electrons. The van der Waals surface area contributed by atoms with Crippen LogP contribution >= 0.6 is 0 Å². The summed E-state index contributed by atoms with van der Waals surface area (Å²) in [5, 5.41) is 8.65. The number of pyridine rings is 1. The van der Waals surface area contributed by atoms with Crippen molar-refractivity contribution in [3.8, 4) is 0 Å². The number of fused-ring (bicyclic) bond motifs is 3. The predicted octanol–water partition coefficient (Wildman–Crippen LogP) is 2.75. The van der Waals surface area contributed by atoms with Gasteiger partial charge in [0.25, 0.3) is 0 Å². The second-order valence-electron chi connectivity index (χ2n) is 7.01. The van der Waals surface area contributed by atoms with Crippen LogP contribution < -0.4 is 5.32 Å². The van der Waals surface area contributed by atoms with Crippen molar-refractivity contribution in [1.82, 2.24) is 9.88 Å². The summed E-state index contributed by atoms with van der Waals surface area (Å²) in [6.45, 7) is 5.35. The van der Waals surface area contributed by atoms with Crippen molar-refractivity contribution in [2.75, 3.05) is 25.0 Å². The van der Waals surface area contributed by atoms with Gasteiger partial charge in [-0.3, -0.25) is 4.90 Å². The van der Waals surface area contributed by atoms with Crippen LogP contribution in [0.25, 0.3) is 11.0 Å². The molecule has 6 nitrogen and oxygen atoms in total. The van der Waals surface area contributed by atoms with Gasteiger partial charge in [0.1, 0.15) is 17.2 Å². The van der Waals surface area contributed by atoms with Gasteiger partial charge in [-0.1, -0.05) is 5.16 Å². The van der Waals surface area contributed by atoms with Crippen LogP contribution in [0.15, 0.2) is 27.9 Å². The number of piperidine rings is 3. The number of aromatic nitrogens is 1. The van der Waals surface area contributed by atoms with E-state index in [-0.39, 0.29) is 5.60 Å². The number of aryl methyl sites for hydroxylation is 1. The lowest BCUT2D eigenvalue weighted by Crippen LogP contribution is -2.59.